The number of fused-ring (bicyclic) bond motifs is 1. The van der Waals surface area contributed by atoms with Crippen LogP contribution < -0.4 is 11.0 Å². The van der Waals surface area contributed by atoms with E-state index in [1.54, 1.807) is 12.1 Å². The summed E-state index contributed by atoms with van der Waals surface area (Å²) in [5, 5.41) is 3.37. The monoisotopic (exact) mass is 437 g/mol. The Balaban J connectivity index is 1.55. The molecule has 0 saturated carbocycles. The third-order valence-electron chi connectivity index (χ3n) is 5.01. The van der Waals surface area contributed by atoms with Crippen molar-refractivity contribution in [1.29, 1.82) is 0 Å². The lowest BCUT2D eigenvalue weighted by atomic mass is 10.1. The maximum atomic E-state index is 12.7. The van der Waals surface area contributed by atoms with Crippen LogP contribution in [0.5, 0.6) is 0 Å². The van der Waals surface area contributed by atoms with Crippen LogP contribution in [0.4, 0.5) is 13.2 Å². The summed E-state index contributed by atoms with van der Waals surface area (Å²) in [5.41, 5.74) is 1.09. The first kappa shape index (κ1) is 21.3. The highest BCUT2D eigenvalue weighted by Gasteiger charge is 2.29. The average Bonchev–Trinajstić information content (AvgIpc) is 2.79. The molecule has 162 valence electrons. The quantitative estimate of drug-likeness (QED) is 0.504. The first-order valence-corrected chi connectivity index (χ1v) is 9.81. The Hall–Kier alpha value is -3.94. The molecule has 0 fully saturated rings. The van der Waals surface area contributed by atoms with Crippen molar-refractivity contribution in [3.63, 3.8) is 0 Å². The van der Waals surface area contributed by atoms with Gasteiger partial charge < -0.3 is 5.32 Å². The van der Waals surface area contributed by atoms with Crippen LogP contribution in [0.2, 0.25) is 0 Å². The van der Waals surface area contributed by atoms with Crippen LogP contribution in [-0.4, -0.2) is 15.5 Å². The predicted octanol–water partition coefficient (Wildman–Crippen LogP) is 4.40. The van der Waals surface area contributed by atoms with E-state index in [0.29, 0.717) is 16.8 Å². The number of amides is 1. The van der Waals surface area contributed by atoms with E-state index in [1.807, 2.05) is 42.5 Å². The maximum absolute atomic E-state index is 12.7. The molecule has 1 amide bonds. The van der Waals surface area contributed by atoms with Crippen LogP contribution >= 0.6 is 0 Å². The van der Waals surface area contributed by atoms with Crippen molar-refractivity contribution in [3.05, 3.63) is 100 Å². The number of aromatic nitrogens is 2. The highest BCUT2D eigenvalue weighted by atomic mass is 19.4. The molecule has 8 heteroatoms. The number of halogens is 3. The average molecular weight is 437 g/mol. The van der Waals surface area contributed by atoms with E-state index in [2.05, 4.69) is 10.3 Å². The zero-order valence-electron chi connectivity index (χ0n) is 16.8. The Labute approximate surface area is 181 Å². The summed E-state index contributed by atoms with van der Waals surface area (Å²) in [6.07, 6.45) is -4.41. The number of carbonyl (C=O) groups excluding carboxylic acids is 1. The molecule has 0 spiro atoms. The lowest BCUT2D eigenvalue weighted by Gasteiger charge is -2.13. The summed E-state index contributed by atoms with van der Waals surface area (Å²) in [5.74, 6) is -0.452. The van der Waals surface area contributed by atoms with E-state index in [-0.39, 0.29) is 13.1 Å². The van der Waals surface area contributed by atoms with Crippen molar-refractivity contribution >= 4 is 16.8 Å². The lowest BCUT2D eigenvalue weighted by molar-refractivity contribution is -0.137. The van der Waals surface area contributed by atoms with Gasteiger partial charge in [0.1, 0.15) is 6.54 Å². The standard InChI is InChI=1S/C24H18F3N3O2/c25-24(26,27)18-12-10-16(11-13-18)14-28-21(31)15-30-20-9-5-4-8-19(20)22(29-23(30)32)17-6-2-1-3-7-17/h1-13H,14-15H2,(H,28,31). The molecule has 0 bridgehead atoms. The second kappa shape index (κ2) is 8.66. The summed E-state index contributed by atoms with van der Waals surface area (Å²) in [4.78, 5) is 29.4. The van der Waals surface area contributed by atoms with E-state index in [9.17, 15) is 22.8 Å². The fourth-order valence-corrected chi connectivity index (χ4v) is 3.41. The number of alkyl halides is 3. The molecule has 0 atom stereocenters. The van der Waals surface area contributed by atoms with Crippen molar-refractivity contribution in [2.45, 2.75) is 19.3 Å². The fourth-order valence-electron chi connectivity index (χ4n) is 3.41. The number of hydrogen-bond acceptors (Lipinski definition) is 3. The zero-order chi connectivity index (χ0) is 22.7. The molecule has 0 aliphatic heterocycles. The molecule has 0 radical (unpaired) electrons. The van der Waals surface area contributed by atoms with Gasteiger partial charge >= 0.3 is 11.9 Å². The number of para-hydroxylation sites is 1. The van der Waals surface area contributed by atoms with Gasteiger partial charge in [-0.25, -0.2) is 4.79 Å². The molecular weight excluding hydrogens is 419 g/mol. The van der Waals surface area contributed by atoms with Gasteiger partial charge in [0, 0.05) is 17.5 Å². The molecule has 0 unspecified atom stereocenters. The second-order valence-electron chi connectivity index (χ2n) is 7.18. The Morgan fingerprint density at radius 2 is 1.56 bits per heavy atom. The minimum atomic E-state index is -4.41. The normalized spacial score (nSPS) is 11.5. The minimum Gasteiger partial charge on any atom is -0.350 e. The van der Waals surface area contributed by atoms with Gasteiger partial charge in [0.25, 0.3) is 0 Å². The van der Waals surface area contributed by atoms with Crippen molar-refractivity contribution in [2.24, 2.45) is 0 Å². The second-order valence-corrected chi connectivity index (χ2v) is 7.18. The third-order valence-corrected chi connectivity index (χ3v) is 5.01. The van der Waals surface area contributed by atoms with Crippen LogP contribution in [0.3, 0.4) is 0 Å². The van der Waals surface area contributed by atoms with Crippen LogP contribution in [0.25, 0.3) is 22.2 Å². The summed E-state index contributed by atoms with van der Waals surface area (Å²) < 4.78 is 39.3. The number of nitrogens with zero attached hydrogens (tertiary/aromatic N) is 2. The Bertz CT molecular complexity index is 1310. The van der Waals surface area contributed by atoms with Gasteiger partial charge in [-0.2, -0.15) is 18.2 Å². The van der Waals surface area contributed by atoms with Crippen LogP contribution in [0.15, 0.2) is 83.7 Å². The van der Waals surface area contributed by atoms with Gasteiger partial charge in [-0.05, 0) is 23.8 Å². The molecule has 4 rings (SSSR count). The van der Waals surface area contributed by atoms with Crippen molar-refractivity contribution in [1.82, 2.24) is 14.9 Å². The molecule has 5 nitrogen and oxygen atoms in total. The zero-order valence-corrected chi connectivity index (χ0v) is 16.8. The van der Waals surface area contributed by atoms with Crippen LogP contribution in [-0.2, 0) is 24.1 Å². The Morgan fingerprint density at radius 3 is 2.25 bits per heavy atom. The number of rotatable bonds is 5. The highest BCUT2D eigenvalue weighted by molar-refractivity contribution is 5.93. The first-order chi connectivity index (χ1) is 15.3. The predicted molar refractivity (Wildman–Crippen MR) is 115 cm³/mol. The van der Waals surface area contributed by atoms with Gasteiger partial charge in [-0.1, -0.05) is 60.7 Å². The number of nitrogens with one attached hydrogen (secondary N) is 1. The van der Waals surface area contributed by atoms with E-state index in [1.165, 1.54) is 16.7 Å². The largest absolute Gasteiger partial charge is 0.416 e. The van der Waals surface area contributed by atoms with E-state index in [4.69, 9.17) is 0 Å². The Morgan fingerprint density at radius 1 is 0.906 bits per heavy atom. The highest BCUT2D eigenvalue weighted by Crippen LogP contribution is 2.29. The third kappa shape index (κ3) is 4.54. The van der Waals surface area contributed by atoms with E-state index >= 15 is 0 Å². The summed E-state index contributed by atoms with van der Waals surface area (Å²) in [6, 6.07) is 21.0. The van der Waals surface area contributed by atoms with Gasteiger partial charge in [-0.15, -0.1) is 0 Å². The smallest absolute Gasteiger partial charge is 0.350 e. The maximum Gasteiger partial charge on any atom is 0.416 e. The number of hydrogen-bond donors (Lipinski definition) is 1. The summed E-state index contributed by atoms with van der Waals surface area (Å²) >= 11 is 0. The Kier molecular flexibility index (Phi) is 5.77. The van der Waals surface area contributed by atoms with Crippen LogP contribution in [0, 0.1) is 0 Å². The molecular formula is C24H18F3N3O2. The molecule has 0 saturated heterocycles. The van der Waals surface area contributed by atoms with E-state index < -0.39 is 23.3 Å². The van der Waals surface area contributed by atoms with Gasteiger partial charge in [0.15, 0.2) is 0 Å². The molecule has 1 aromatic heterocycles. The molecule has 1 N–H and O–H groups in total. The van der Waals surface area contributed by atoms with Gasteiger partial charge in [-0.3, -0.25) is 9.36 Å². The fraction of sp³-hybridized carbons (Fsp3) is 0.125. The van der Waals surface area contributed by atoms with E-state index in [0.717, 1.165) is 23.1 Å². The first-order valence-electron chi connectivity index (χ1n) is 9.81. The lowest BCUT2D eigenvalue weighted by Crippen LogP contribution is -2.33. The summed E-state index contributed by atoms with van der Waals surface area (Å²) in [7, 11) is 0. The minimum absolute atomic E-state index is 0.0409. The molecule has 0 aliphatic rings. The number of benzene rings is 3. The molecule has 3 aromatic carbocycles. The van der Waals surface area contributed by atoms with Crippen LogP contribution in [0.1, 0.15) is 11.1 Å². The SMILES string of the molecule is O=C(Cn1c(=O)nc(-c2ccccc2)c2ccccc21)NCc1ccc(C(F)(F)F)cc1. The van der Waals surface area contributed by atoms with Crippen molar-refractivity contribution in [3.8, 4) is 11.3 Å². The topological polar surface area (TPSA) is 64.0 Å². The van der Waals surface area contributed by atoms with Gasteiger partial charge in [0.2, 0.25) is 5.91 Å². The summed E-state index contributed by atoms with van der Waals surface area (Å²) in [6.45, 7) is -0.221. The molecule has 4 aromatic rings. The van der Waals surface area contributed by atoms with Gasteiger partial charge in [0.05, 0.1) is 16.8 Å². The molecule has 0 aliphatic carbocycles. The molecule has 1 heterocycles. The van der Waals surface area contributed by atoms with Crippen molar-refractivity contribution < 1.29 is 18.0 Å². The molecule has 32 heavy (non-hydrogen) atoms. The number of carbonyl (C=O) groups is 1. The van der Waals surface area contributed by atoms with Crippen molar-refractivity contribution in [2.75, 3.05) is 0 Å².